The van der Waals surface area contributed by atoms with Gasteiger partial charge in [-0.15, -0.1) is 21.5 Å². The van der Waals surface area contributed by atoms with E-state index in [1.54, 1.807) is 14.1 Å². The summed E-state index contributed by atoms with van der Waals surface area (Å²) in [7, 11) is 3.28. The van der Waals surface area contributed by atoms with E-state index in [-0.39, 0.29) is 11.5 Å². The molecular formula is C12H13N5O2S. The van der Waals surface area contributed by atoms with E-state index in [0.717, 1.165) is 5.52 Å². The van der Waals surface area contributed by atoms with E-state index in [1.165, 1.54) is 15.9 Å². The van der Waals surface area contributed by atoms with Crippen molar-refractivity contribution in [2.75, 3.05) is 7.05 Å². The average Bonchev–Trinajstić information content (AvgIpc) is 3.08. The first kappa shape index (κ1) is 12.8. The van der Waals surface area contributed by atoms with Crippen molar-refractivity contribution >= 4 is 33.2 Å². The zero-order valence-electron chi connectivity index (χ0n) is 11.1. The number of carbonyl (C=O) groups excluding carboxylic acids is 1. The van der Waals surface area contributed by atoms with Crippen molar-refractivity contribution in [3.05, 3.63) is 27.6 Å². The lowest BCUT2D eigenvalue weighted by atomic mass is 10.3. The molecule has 0 bridgehead atoms. The molecule has 0 spiro atoms. The maximum atomic E-state index is 12.2. The number of amides is 1. The molecule has 104 valence electrons. The highest BCUT2D eigenvalue weighted by Crippen LogP contribution is 2.19. The van der Waals surface area contributed by atoms with Gasteiger partial charge in [-0.05, 0) is 11.4 Å². The van der Waals surface area contributed by atoms with E-state index in [9.17, 15) is 9.59 Å². The Morgan fingerprint density at radius 2 is 2.25 bits per heavy atom. The molecule has 8 heteroatoms. The van der Waals surface area contributed by atoms with Gasteiger partial charge in [-0.25, -0.2) is 0 Å². The Kier molecular flexibility index (Phi) is 3.01. The van der Waals surface area contributed by atoms with E-state index in [1.807, 2.05) is 15.8 Å². The van der Waals surface area contributed by atoms with Gasteiger partial charge in [0.1, 0.15) is 10.5 Å². The Bertz CT molecular complexity index is 860. The monoisotopic (exact) mass is 291 g/mol. The summed E-state index contributed by atoms with van der Waals surface area (Å²) < 4.78 is 3.99. The molecule has 1 N–H and O–H groups in total. The zero-order valence-corrected chi connectivity index (χ0v) is 11.9. The summed E-state index contributed by atoms with van der Waals surface area (Å²) in [6.07, 6.45) is 0.815. The summed E-state index contributed by atoms with van der Waals surface area (Å²) in [6.45, 7) is 0. The lowest BCUT2D eigenvalue weighted by Crippen LogP contribution is -2.20. The van der Waals surface area contributed by atoms with Crippen LogP contribution in [0.2, 0.25) is 0 Å². The largest absolute Gasteiger partial charge is 0.359 e. The van der Waals surface area contributed by atoms with Crippen LogP contribution in [0.5, 0.6) is 0 Å². The number of nitrogens with zero attached hydrogens (tertiary/aromatic N) is 4. The number of hydrogen-bond donors (Lipinski definition) is 1. The standard InChI is InChI=1S/C12H13N5O2S/c1-13-9(18)4-3-8-14-15-12-16(2)11(19)10-7(17(8)12)5-6-20-10/h5-6H,3-4H2,1-2H3,(H,13,18). The van der Waals surface area contributed by atoms with Crippen LogP contribution >= 0.6 is 11.3 Å². The second kappa shape index (κ2) is 4.71. The van der Waals surface area contributed by atoms with Crippen molar-refractivity contribution in [2.24, 2.45) is 7.05 Å². The highest BCUT2D eigenvalue weighted by atomic mass is 32.1. The fraction of sp³-hybridized carbons (Fsp3) is 0.333. The third kappa shape index (κ3) is 1.80. The smallest absolute Gasteiger partial charge is 0.272 e. The third-order valence-corrected chi connectivity index (χ3v) is 4.14. The summed E-state index contributed by atoms with van der Waals surface area (Å²) in [5.74, 6) is 1.13. The van der Waals surface area contributed by atoms with Crippen molar-refractivity contribution in [1.29, 1.82) is 0 Å². The van der Waals surface area contributed by atoms with Crippen LogP contribution in [-0.2, 0) is 18.3 Å². The van der Waals surface area contributed by atoms with Gasteiger partial charge in [0.15, 0.2) is 0 Å². The van der Waals surface area contributed by atoms with Crippen LogP contribution in [0.3, 0.4) is 0 Å². The number of aromatic nitrogens is 4. The van der Waals surface area contributed by atoms with Gasteiger partial charge in [-0.3, -0.25) is 18.6 Å². The fourth-order valence-electron chi connectivity index (χ4n) is 2.17. The molecule has 1 amide bonds. The fourth-order valence-corrected chi connectivity index (χ4v) is 3.02. The molecule has 0 unspecified atom stereocenters. The van der Waals surface area contributed by atoms with Crippen LogP contribution < -0.4 is 10.9 Å². The molecule has 7 nitrogen and oxygen atoms in total. The van der Waals surface area contributed by atoms with E-state index in [2.05, 4.69) is 15.5 Å². The molecule has 0 saturated carbocycles. The van der Waals surface area contributed by atoms with Crippen LogP contribution in [0.15, 0.2) is 16.2 Å². The highest BCUT2D eigenvalue weighted by molar-refractivity contribution is 7.17. The van der Waals surface area contributed by atoms with E-state index >= 15 is 0 Å². The molecule has 3 heterocycles. The number of carbonyl (C=O) groups is 1. The van der Waals surface area contributed by atoms with Gasteiger partial charge in [-0.2, -0.15) is 0 Å². The number of thiophene rings is 1. The van der Waals surface area contributed by atoms with Crippen molar-refractivity contribution in [3.8, 4) is 0 Å². The van der Waals surface area contributed by atoms with Crippen LogP contribution in [0.4, 0.5) is 0 Å². The molecule has 0 fully saturated rings. The van der Waals surface area contributed by atoms with Crippen molar-refractivity contribution in [3.63, 3.8) is 0 Å². The third-order valence-electron chi connectivity index (χ3n) is 3.25. The Morgan fingerprint density at radius 3 is 3.00 bits per heavy atom. The molecule has 0 atom stereocenters. The summed E-state index contributed by atoms with van der Waals surface area (Å²) in [6, 6.07) is 1.88. The molecule has 0 aliphatic heterocycles. The SMILES string of the molecule is CNC(=O)CCc1nnc2n(C)c(=O)c3sccc3n12. The first-order valence-electron chi connectivity index (χ1n) is 6.14. The number of aryl methyl sites for hydroxylation is 2. The Balaban J connectivity index is 2.20. The lowest BCUT2D eigenvalue weighted by molar-refractivity contribution is -0.120. The van der Waals surface area contributed by atoms with E-state index in [0.29, 0.717) is 29.1 Å². The number of rotatable bonds is 3. The van der Waals surface area contributed by atoms with Crippen LogP contribution in [-0.4, -0.2) is 32.1 Å². The average molecular weight is 291 g/mol. The molecule has 0 aromatic carbocycles. The molecule has 0 aliphatic carbocycles. The van der Waals surface area contributed by atoms with Gasteiger partial charge in [0.05, 0.1) is 5.52 Å². The van der Waals surface area contributed by atoms with Gasteiger partial charge in [-0.1, -0.05) is 0 Å². The maximum Gasteiger partial charge on any atom is 0.272 e. The van der Waals surface area contributed by atoms with E-state index in [4.69, 9.17) is 0 Å². The first-order chi connectivity index (χ1) is 9.63. The van der Waals surface area contributed by atoms with Crippen LogP contribution in [0.25, 0.3) is 16.0 Å². The minimum atomic E-state index is -0.0762. The van der Waals surface area contributed by atoms with Gasteiger partial charge in [0.25, 0.3) is 5.56 Å². The Labute approximate surface area is 117 Å². The van der Waals surface area contributed by atoms with Gasteiger partial charge in [0, 0.05) is 26.9 Å². The summed E-state index contributed by atoms with van der Waals surface area (Å²) >= 11 is 1.39. The number of fused-ring (bicyclic) bond motifs is 3. The highest BCUT2D eigenvalue weighted by Gasteiger charge is 2.15. The van der Waals surface area contributed by atoms with Gasteiger partial charge in [0.2, 0.25) is 11.7 Å². The number of hydrogen-bond acceptors (Lipinski definition) is 5. The molecular weight excluding hydrogens is 278 g/mol. The van der Waals surface area contributed by atoms with Crippen LogP contribution in [0.1, 0.15) is 12.2 Å². The first-order valence-corrected chi connectivity index (χ1v) is 7.02. The predicted molar refractivity (Wildman–Crippen MR) is 76.0 cm³/mol. The van der Waals surface area contributed by atoms with Crippen molar-refractivity contribution in [1.82, 2.24) is 24.5 Å². The molecule has 0 radical (unpaired) electrons. The van der Waals surface area contributed by atoms with Crippen molar-refractivity contribution in [2.45, 2.75) is 12.8 Å². The minimum absolute atomic E-state index is 0.0480. The van der Waals surface area contributed by atoms with Crippen molar-refractivity contribution < 1.29 is 4.79 Å². The molecule has 3 aromatic heterocycles. The second-order valence-corrected chi connectivity index (χ2v) is 5.34. The summed E-state index contributed by atoms with van der Waals surface area (Å²) in [4.78, 5) is 23.5. The quantitative estimate of drug-likeness (QED) is 0.753. The number of nitrogens with one attached hydrogen (secondary N) is 1. The molecule has 3 rings (SSSR count). The molecule has 0 saturated heterocycles. The van der Waals surface area contributed by atoms with E-state index < -0.39 is 0 Å². The predicted octanol–water partition coefficient (Wildman–Crippen LogP) is 0.321. The topological polar surface area (TPSA) is 81.3 Å². The lowest BCUT2D eigenvalue weighted by Gasteiger charge is -2.04. The normalized spacial score (nSPS) is 11.3. The Morgan fingerprint density at radius 1 is 1.45 bits per heavy atom. The van der Waals surface area contributed by atoms with Gasteiger partial charge < -0.3 is 5.32 Å². The maximum absolute atomic E-state index is 12.2. The Hall–Kier alpha value is -2.22. The molecule has 0 aliphatic rings. The minimum Gasteiger partial charge on any atom is -0.359 e. The molecule has 3 aromatic rings. The van der Waals surface area contributed by atoms with Crippen LogP contribution in [0, 0.1) is 0 Å². The van der Waals surface area contributed by atoms with Gasteiger partial charge >= 0.3 is 0 Å². The zero-order chi connectivity index (χ0) is 14.3. The summed E-state index contributed by atoms with van der Waals surface area (Å²) in [5, 5.41) is 12.6. The summed E-state index contributed by atoms with van der Waals surface area (Å²) in [5.41, 5.74) is 0.720. The molecule has 20 heavy (non-hydrogen) atoms. The second-order valence-electron chi connectivity index (χ2n) is 4.42.